The van der Waals surface area contributed by atoms with Gasteiger partial charge in [0.2, 0.25) is 0 Å². The van der Waals surface area contributed by atoms with Crippen LogP contribution in [0.3, 0.4) is 0 Å². The van der Waals surface area contributed by atoms with Gasteiger partial charge in [0.05, 0.1) is 6.61 Å². The highest BCUT2D eigenvalue weighted by Crippen LogP contribution is 2.25. The minimum absolute atomic E-state index is 0.329. The van der Waals surface area contributed by atoms with Crippen molar-refractivity contribution in [1.82, 2.24) is 4.90 Å². The van der Waals surface area contributed by atoms with Crippen molar-refractivity contribution in [2.45, 2.75) is 6.92 Å². The van der Waals surface area contributed by atoms with Crippen LogP contribution in [-0.2, 0) is 4.74 Å². The van der Waals surface area contributed by atoms with Crippen LogP contribution < -0.4 is 21.1 Å². The molecule has 2 aromatic rings. The maximum Gasteiger partial charge on any atom is 0.409 e. The molecule has 1 amide bonds. The molecule has 7 heteroatoms. The topological polar surface area (TPSA) is 79.0 Å². The molecule has 0 saturated carbocycles. The van der Waals surface area contributed by atoms with Gasteiger partial charge in [-0.1, -0.05) is 18.2 Å². The molecule has 1 heterocycles. The first-order chi connectivity index (χ1) is 11.6. The van der Waals surface area contributed by atoms with Crippen LogP contribution in [0.2, 0.25) is 0 Å². The zero-order chi connectivity index (χ0) is 17.1. The summed E-state index contributed by atoms with van der Waals surface area (Å²) in [6, 6.07) is 9.25. The molecule has 0 unspecified atom stereocenters. The Kier molecular flexibility index (Phi) is 4.50. The minimum Gasteiger partial charge on any atom is -0.450 e. The van der Waals surface area contributed by atoms with E-state index in [0.717, 1.165) is 5.69 Å². The van der Waals surface area contributed by atoms with Gasteiger partial charge in [-0.05, 0) is 19.1 Å². The highest BCUT2D eigenvalue weighted by Gasteiger charge is 2.30. The van der Waals surface area contributed by atoms with E-state index in [2.05, 4.69) is 5.32 Å². The van der Waals surface area contributed by atoms with E-state index in [1.807, 2.05) is 35.2 Å². The molecule has 24 heavy (non-hydrogen) atoms. The number of hydrogen-bond donors (Lipinski definition) is 1. The molecule has 7 nitrogen and oxygen atoms in total. The van der Waals surface area contributed by atoms with Crippen molar-refractivity contribution in [2.75, 3.05) is 43.0 Å². The van der Waals surface area contributed by atoms with E-state index in [9.17, 15) is 14.4 Å². The summed E-state index contributed by atoms with van der Waals surface area (Å²) in [5, 5.41) is 3.02. The normalized spacial score (nSPS) is 14.7. The minimum atomic E-state index is -0.498. The van der Waals surface area contributed by atoms with Crippen LogP contribution >= 0.6 is 0 Å². The molecule has 1 aliphatic rings. The van der Waals surface area contributed by atoms with Gasteiger partial charge in [0.1, 0.15) is 11.4 Å². The van der Waals surface area contributed by atoms with Crippen molar-refractivity contribution in [1.29, 1.82) is 0 Å². The number of amides is 1. The van der Waals surface area contributed by atoms with Gasteiger partial charge in [0, 0.05) is 31.9 Å². The number of ether oxygens (including phenoxy) is 1. The number of nitrogens with zero attached hydrogens (tertiary/aromatic N) is 2. The number of piperazine rings is 1. The molecule has 2 aromatic carbocycles. The maximum atomic E-state index is 12.0. The van der Waals surface area contributed by atoms with Crippen LogP contribution in [0.25, 0.3) is 0 Å². The number of nitrogens with one attached hydrogen (secondary N) is 1. The smallest absolute Gasteiger partial charge is 0.409 e. The number of rotatable bonds is 4. The van der Waals surface area contributed by atoms with Crippen molar-refractivity contribution >= 4 is 23.2 Å². The molecular weight excluding hydrogens is 310 g/mol. The van der Waals surface area contributed by atoms with E-state index in [1.54, 1.807) is 11.8 Å². The molecule has 126 valence electrons. The van der Waals surface area contributed by atoms with Crippen molar-refractivity contribution < 1.29 is 9.53 Å². The van der Waals surface area contributed by atoms with Crippen molar-refractivity contribution in [2.24, 2.45) is 0 Å². The molecule has 0 radical (unpaired) electrons. The first-order valence-electron chi connectivity index (χ1n) is 7.94. The molecule has 0 spiro atoms. The molecule has 0 aromatic heterocycles. The zero-order valence-electron chi connectivity index (χ0n) is 13.4. The Morgan fingerprint density at radius 2 is 1.75 bits per heavy atom. The van der Waals surface area contributed by atoms with Gasteiger partial charge < -0.3 is 19.9 Å². The lowest BCUT2D eigenvalue weighted by Crippen LogP contribution is -2.52. The Balaban J connectivity index is 1.71. The van der Waals surface area contributed by atoms with Crippen molar-refractivity contribution in [3.8, 4) is 0 Å². The molecule has 1 N–H and O–H groups in total. The highest BCUT2D eigenvalue weighted by atomic mass is 16.6. The van der Waals surface area contributed by atoms with Crippen molar-refractivity contribution in [3.63, 3.8) is 0 Å². The Morgan fingerprint density at radius 1 is 1.08 bits per heavy atom. The predicted octanol–water partition coefficient (Wildman–Crippen LogP) is 1.30. The summed E-state index contributed by atoms with van der Waals surface area (Å²) in [6.07, 6.45) is -0.343. The second kappa shape index (κ2) is 6.74. The van der Waals surface area contributed by atoms with Crippen LogP contribution in [0, 0.1) is 0 Å². The monoisotopic (exact) mass is 329 g/mol. The van der Waals surface area contributed by atoms with Gasteiger partial charge in [-0.15, -0.1) is 0 Å². The van der Waals surface area contributed by atoms with E-state index in [4.69, 9.17) is 4.74 Å². The standard InChI is InChI=1S/C17H19N3O4/c1-2-24-17(23)20-10-8-19(9-11-20)14-13(15(21)16(14)22)18-12-6-4-3-5-7-12/h3-7,18H,2,8-11H2,1H3. The summed E-state index contributed by atoms with van der Waals surface area (Å²) < 4.78 is 4.98. The third-order valence-corrected chi connectivity index (χ3v) is 4.05. The summed E-state index contributed by atoms with van der Waals surface area (Å²) in [4.78, 5) is 39.1. The van der Waals surface area contributed by atoms with Crippen LogP contribution in [-0.4, -0.2) is 43.8 Å². The van der Waals surface area contributed by atoms with E-state index in [1.165, 1.54) is 0 Å². The number of anilines is 3. The van der Waals surface area contributed by atoms with Crippen LogP contribution in [0.15, 0.2) is 39.9 Å². The van der Waals surface area contributed by atoms with Gasteiger partial charge in [0.25, 0.3) is 10.9 Å². The van der Waals surface area contributed by atoms with Gasteiger partial charge in [-0.2, -0.15) is 0 Å². The third-order valence-electron chi connectivity index (χ3n) is 4.05. The summed E-state index contributed by atoms with van der Waals surface area (Å²) in [6.45, 7) is 4.01. The quantitative estimate of drug-likeness (QED) is 0.852. The molecule has 1 saturated heterocycles. The second-order valence-corrected chi connectivity index (χ2v) is 5.55. The van der Waals surface area contributed by atoms with Crippen LogP contribution in [0.1, 0.15) is 6.92 Å². The summed E-state index contributed by atoms with van der Waals surface area (Å²) in [5.74, 6) is 0. The summed E-state index contributed by atoms with van der Waals surface area (Å²) in [7, 11) is 0. The van der Waals surface area contributed by atoms with Crippen molar-refractivity contribution in [3.05, 3.63) is 50.8 Å². The fraction of sp³-hybridized carbons (Fsp3) is 0.353. The molecule has 3 rings (SSSR count). The molecule has 0 aliphatic carbocycles. The van der Waals surface area contributed by atoms with E-state index in [0.29, 0.717) is 44.2 Å². The lowest BCUT2D eigenvalue weighted by atomic mass is 10.1. The lowest BCUT2D eigenvalue weighted by molar-refractivity contribution is 0.105. The first kappa shape index (κ1) is 16.0. The van der Waals surface area contributed by atoms with E-state index in [-0.39, 0.29) is 6.09 Å². The highest BCUT2D eigenvalue weighted by molar-refractivity contribution is 5.80. The number of hydrogen-bond acceptors (Lipinski definition) is 6. The molecule has 0 atom stereocenters. The predicted molar refractivity (Wildman–Crippen MR) is 91.9 cm³/mol. The molecule has 1 fully saturated rings. The Labute approximate surface area is 139 Å². The first-order valence-corrected chi connectivity index (χ1v) is 7.94. The fourth-order valence-electron chi connectivity index (χ4n) is 2.79. The van der Waals surface area contributed by atoms with Crippen LogP contribution in [0.5, 0.6) is 0 Å². The average Bonchev–Trinajstić information content (AvgIpc) is 2.62. The second-order valence-electron chi connectivity index (χ2n) is 5.55. The van der Waals surface area contributed by atoms with E-state index < -0.39 is 10.9 Å². The maximum absolute atomic E-state index is 12.0. The fourth-order valence-corrected chi connectivity index (χ4v) is 2.79. The Bertz CT molecular complexity index is 788. The average molecular weight is 329 g/mol. The van der Waals surface area contributed by atoms with E-state index >= 15 is 0 Å². The summed E-state index contributed by atoms with van der Waals surface area (Å²) in [5.41, 5.74) is 0.527. The molecule has 0 bridgehead atoms. The number of para-hydroxylation sites is 1. The van der Waals surface area contributed by atoms with Gasteiger partial charge in [-0.25, -0.2) is 4.79 Å². The molecular formula is C17H19N3O4. The Morgan fingerprint density at radius 3 is 2.38 bits per heavy atom. The van der Waals surface area contributed by atoms with Gasteiger partial charge >= 0.3 is 6.09 Å². The third kappa shape index (κ3) is 2.97. The summed E-state index contributed by atoms with van der Waals surface area (Å²) >= 11 is 0. The van der Waals surface area contributed by atoms with Gasteiger partial charge in [-0.3, -0.25) is 9.59 Å². The largest absolute Gasteiger partial charge is 0.450 e. The Hall–Kier alpha value is -2.83. The lowest BCUT2D eigenvalue weighted by Gasteiger charge is -2.36. The zero-order valence-corrected chi connectivity index (χ0v) is 13.4. The number of carbonyl (C=O) groups excluding carboxylic acids is 1. The number of carbonyl (C=O) groups is 1. The SMILES string of the molecule is CCOC(=O)N1CCN(c2c(Nc3ccccc3)c(=O)c2=O)CC1. The van der Waals surface area contributed by atoms with Gasteiger partial charge in [0.15, 0.2) is 0 Å². The van der Waals surface area contributed by atoms with Crippen LogP contribution in [0.4, 0.5) is 21.9 Å². The number of benzene rings is 1. The molecule has 1 aliphatic heterocycles.